The molecule has 2 aliphatic rings. The minimum Gasteiger partial charge on any atom is -0.494 e. The van der Waals surface area contributed by atoms with E-state index in [4.69, 9.17) is 9.47 Å². The van der Waals surface area contributed by atoms with E-state index in [1.54, 1.807) is 9.58 Å². The second-order valence-electron chi connectivity index (χ2n) is 9.20. The van der Waals surface area contributed by atoms with Crippen molar-refractivity contribution < 1.29 is 19.1 Å². The molecule has 1 unspecified atom stereocenters. The van der Waals surface area contributed by atoms with Crippen molar-refractivity contribution in [2.24, 2.45) is 0 Å². The molecular formula is C27H31N5O4. The van der Waals surface area contributed by atoms with Crippen LogP contribution in [0.5, 0.6) is 5.75 Å². The van der Waals surface area contributed by atoms with E-state index in [2.05, 4.69) is 41.5 Å². The number of amides is 2. The van der Waals surface area contributed by atoms with E-state index in [0.29, 0.717) is 57.1 Å². The highest BCUT2D eigenvalue weighted by Crippen LogP contribution is 2.27. The van der Waals surface area contributed by atoms with E-state index in [1.165, 1.54) is 5.56 Å². The van der Waals surface area contributed by atoms with Crippen LogP contribution in [0, 0.1) is 6.92 Å². The third kappa shape index (κ3) is 5.11. The van der Waals surface area contributed by atoms with Crippen LogP contribution in [0.15, 0.2) is 48.5 Å². The molecule has 0 aliphatic carbocycles. The van der Waals surface area contributed by atoms with Crippen molar-refractivity contribution in [2.45, 2.75) is 39.5 Å². The van der Waals surface area contributed by atoms with Gasteiger partial charge in [0.15, 0.2) is 5.69 Å². The fraction of sp³-hybridized carbons (Fsp3) is 0.407. The van der Waals surface area contributed by atoms with Gasteiger partial charge in [-0.2, -0.15) is 0 Å². The number of benzene rings is 2. The van der Waals surface area contributed by atoms with Gasteiger partial charge >= 0.3 is 0 Å². The molecule has 3 heterocycles. The molecule has 188 valence electrons. The van der Waals surface area contributed by atoms with Gasteiger partial charge in [0.05, 0.1) is 31.9 Å². The number of ether oxygens (including phenoxy) is 2. The Morgan fingerprint density at radius 3 is 2.39 bits per heavy atom. The average molecular weight is 490 g/mol. The number of rotatable bonds is 6. The number of aromatic nitrogens is 3. The van der Waals surface area contributed by atoms with Crippen molar-refractivity contribution in [3.8, 4) is 5.75 Å². The zero-order valence-electron chi connectivity index (χ0n) is 20.7. The van der Waals surface area contributed by atoms with Crippen LogP contribution in [0.3, 0.4) is 0 Å². The zero-order chi connectivity index (χ0) is 25.1. The van der Waals surface area contributed by atoms with Gasteiger partial charge in [0.1, 0.15) is 11.9 Å². The highest BCUT2D eigenvalue weighted by molar-refractivity contribution is 5.93. The molecule has 0 spiro atoms. The minimum atomic E-state index is -0.160. The molecule has 1 aromatic heterocycles. The summed E-state index contributed by atoms with van der Waals surface area (Å²) in [4.78, 5) is 29.6. The molecule has 0 N–H and O–H groups in total. The van der Waals surface area contributed by atoms with E-state index >= 15 is 0 Å². The highest BCUT2D eigenvalue weighted by atomic mass is 16.5. The summed E-state index contributed by atoms with van der Waals surface area (Å²) in [6, 6.07) is 15.9. The minimum absolute atomic E-state index is 0.0582. The highest BCUT2D eigenvalue weighted by Gasteiger charge is 2.32. The number of aryl methyl sites for hydroxylation is 1. The van der Waals surface area contributed by atoms with Crippen LogP contribution in [0.2, 0.25) is 0 Å². The third-order valence-electron chi connectivity index (χ3n) is 6.76. The smallest absolute Gasteiger partial charge is 0.276 e. The summed E-state index contributed by atoms with van der Waals surface area (Å²) >= 11 is 0. The molecule has 5 rings (SSSR count). The van der Waals surface area contributed by atoms with E-state index in [-0.39, 0.29) is 24.5 Å². The predicted molar refractivity (Wildman–Crippen MR) is 133 cm³/mol. The molecule has 0 radical (unpaired) electrons. The van der Waals surface area contributed by atoms with E-state index < -0.39 is 0 Å². The molecule has 1 saturated heterocycles. The molecule has 1 fully saturated rings. The molecule has 2 aromatic carbocycles. The number of fused-ring (bicyclic) bond motifs is 1. The Bertz CT molecular complexity index is 1210. The summed E-state index contributed by atoms with van der Waals surface area (Å²) in [6.45, 7) is 7.33. The Labute approximate surface area is 210 Å². The van der Waals surface area contributed by atoms with Crippen molar-refractivity contribution >= 4 is 11.8 Å². The lowest BCUT2D eigenvalue weighted by Gasteiger charge is -2.34. The molecule has 2 aliphatic heterocycles. The van der Waals surface area contributed by atoms with E-state index in [1.807, 2.05) is 36.1 Å². The molecule has 36 heavy (non-hydrogen) atoms. The van der Waals surface area contributed by atoms with Gasteiger partial charge in [0.2, 0.25) is 5.91 Å². The first kappa shape index (κ1) is 24.0. The monoisotopic (exact) mass is 489 g/mol. The van der Waals surface area contributed by atoms with Crippen LogP contribution in [0.4, 0.5) is 0 Å². The van der Waals surface area contributed by atoms with Gasteiger partial charge < -0.3 is 19.3 Å². The van der Waals surface area contributed by atoms with Crippen LogP contribution < -0.4 is 4.74 Å². The average Bonchev–Trinajstić information content (AvgIpc) is 3.33. The normalized spacial score (nSPS) is 17.6. The largest absolute Gasteiger partial charge is 0.494 e. The van der Waals surface area contributed by atoms with Gasteiger partial charge in [-0.25, -0.2) is 4.68 Å². The summed E-state index contributed by atoms with van der Waals surface area (Å²) in [7, 11) is 0. The molecule has 3 aromatic rings. The Hall–Kier alpha value is -3.72. The van der Waals surface area contributed by atoms with Crippen molar-refractivity contribution in [3.05, 3.63) is 76.6 Å². The third-order valence-corrected chi connectivity index (χ3v) is 6.76. The van der Waals surface area contributed by atoms with Gasteiger partial charge in [0, 0.05) is 26.2 Å². The quantitative estimate of drug-likeness (QED) is 0.529. The molecule has 0 bridgehead atoms. The maximum Gasteiger partial charge on any atom is 0.276 e. The Balaban J connectivity index is 1.16. The zero-order valence-corrected chi connectivity index (χ0v) is 20.7. The lowest BCUT2D eigenvalue weighted by Crippen LogP contribution is -2.51. The predicted octanol–water partition coefficient (Wildman–Crippen LogP) is 2.78. The van der Waals surface area contributed by atoms with Gasteiger partial charge in [-0.15, -0.1) is 5.10 Å². The van der Waals surface area contributed by atoms with E-state index in [9.17, 15) is 9.59 Å². The summed E-state index contributed by atoms with van der Waals surface area (Å²) < 4.78 is 13.3. The van der Waals surface area contributed by atoms with Gasteiger partial charge in [-0.1, -0.05) is 47.2 Å². The SMILES string of the molecule is CCOc1ccc(CC(=O)N2CCN(C(=O)c3nnn4c3COC(c3ccc(C)cc3)C4)CC2)cc1. The first-order chi connectivity index (χ1) is 17.5. The topological polar surface area (TPSA) is 89.8 Å². The summed E-state index contributed by atoms with van der Waals surface area (Å²) in [5, 5.41) is 8.44. The first-order valence-corrected chi connectivity index (χ1v) is 12.4. The Kier molecular flexibility index (Phi) is 6.99. The Morgan fingerprint density at radius 2 is 1.69 bits per heavy atom. The van der Waals surface area contributed by atoms with Gasteiger partial charge in [0.25, 0.3) is 5.91 Å². The number of hydrogen-bond donors (Lipinski definition) is 0. The van der Waals surface area contributed by atoms with Crippen molar-refractivity contribution in [1.82, 2.24) is 24.8 Å². The second-order valence-corrected chi connectivity index (χ2v) is 9.20. The maximum absolute atomic E-state index is 13.2. The molecule has 1 atom stereocenters. The number of carbonyl (C=O) groups excluding carboxylic acids is 2. The van der Waals surface area contributed by atoms with Crippen LogP contribution in [0.1, 0.15) is 45.9 Å². The molecule has 9 nitrogen and oxygen atoms in total. The first-order valence-electron chi connectivity index (χ1n) is 12.4. The maximum atomic E-state index is 13.2. The van der Waals surface area contributed by atoms with Crippen LogP contribution in [0.25, 0.3) is 0 Å². The fourth-order valence-corrected chi connectivity index (χ4v) is 4.63. The standard InChI is InChI=1S/C27H31N5O4/c1-3-35-22-10-6-20(7-11-22)16-25(33)30-12-14-31(15-13-30)27(34)26-23-18-36-24(17-32(23)29-28-26)21-8-4-19(2)5-9-21/h4-11,24H,3,12-18H2,1-2H3. The fourth-order valence-electron chi connectivity index (χ4n) is 4.63. The van der Waals surface area contributed by atoms with Crippen LogP contribution in [-0.2, 0) is 29.1 Å². The van der Waals surface area contributed by atoms with E-state index in [0.717, 1.165) is 16.9 Å². The van der Waals surface area contributed by atoms with Crippen LogP contribution in [-0.4, -0.2) is 69.4 Å². The molecule has 0 saturated carbocycles. The Morgan fingerprint density at radius 1 is 1.00 bits per heavy atom. The summed E-state index contributed by atoms with van der Waals surface area (Å²) in [5.74, 6) is 0.697. The lowest BCUT2D eigenvalue weighted by molar-refractivity contribution is -0.131. The van der Waals surface area contributed by atoms with Crippen molar-refractivity contribution in [1.29, 1.82) is 0 Å². The van der Waals surface area contributed by atoms with Crippen molar-refractivity contribution in [3.63, 3.8) is 0 Å². The van der Waals surface area contributed by atoms with Crippen molar-refractivity contribution in [2.75, 3.05) is 32.8 Å². The van der Waals surface area contributed by atoms with Gasteiger partial charge in [-0.3, -0.25) is 9.59 Å². The number of piperazine rings is 1. The number of carbonyl (C=O) groups is 2. The molecule has 9 heteroatoms. The lowest BCUT2D eigenvalue weighted by atomic mass is 10.1. The van der Waals surface area contributed by atoms with Crippen LogP contribution >= 0.6 is 0 Å². The number of nitrogens with zero attached hydrogens (tertiary/aromatic N) is 5. The number of hydrogen-bond acceptors (Lipinski definition) is 6. The van der Waals surface area contributed by atoms with Gasteiger partial charge in [-0.05, 0) is 37.1 Å². The summed E-state index contributed by atoms with van der Waals surface area (Å²) in [6.07, 6.45) is 0.214. The second kappa shape index (κ2) is 10.5. The summed E-state index contributed by atoms with van der Waals surface area (Å²) in [5.41, 5.74) is 4.27. The molecule has 2 amide bonds. The molecular weight excluding hydrogens is 458 g/mol.